The van der Waals surface area contributed by atoms with Crippen LogP contribution in [0.2, 0.25) is 5.15 Å². The second-order valence-electron chi connectivity index (χ2n) is 5.70. The molecule has 0 aliphatic rings. The molecular weight excluding hydrogens is 360 g/mol. The Labute approximate surface area is 151 Å². The first-order valence-electron chi connectivity index (χ1n) is 7.49. The molecule has 0 amide bonds. The van der Waals surface area contributed by atoms with Crippen LogP contribution in [0.1, 0.15) is 5.56 Å². The second kappa shape index (κ2) is 6.54. The number of aromatic nitrogens is 2. The number of methoxy groups -OCH3 is 1. The summed E-state index contributed by atoms with van der Waals surface area (Å²) in [6, 6.07) is 12.4. The van der Waals surface area contributed by atoms with E-state index < -0.39 is 9.84 Å². The first kappa shape index (κ1) is 17.5. The number of sulfone groups is 1. The van der Waals surface area contributed by atoms with Gasteiger partial charge in [0.25, 0.3) is 0 Å². The summed E-state index contributed by atoms with van der Waals surface area (Å²) >= 11 is 6.30. The van der Waals surface area contributed by atoms with Crippen LogP contribution < -0.4 is 4.74 Å². The van der Waals surface area contributed by atoms with Crippen molar-refractivity contribution in [3.05, 3.63) is 59.5 Å². The Bertz CT molecular complexity index is 1020. The molecule has 1 aromatic heterocycles. The zero-order valence-electron chi connectivity index (χ0n) is 14.0. The van der Waals surface area contributed by atoms with E-state index in [0.29, 0.717) is 10.8 Å². The van der Waals surface area contributed by atoms with E-state index in [-0.39, 0.29) is 4.90 Å². The van der Waals surface area contributed by atoms with Crippen molar-refractivity contribution in [3.8, 4) is 22.7 Å². The minimum Gasteiger partial charge on any atom is -0.496 e. The average molecular weight is 377 g/mol. The van der Waals surface area contributed by atoms with Crippen LogP contribution in [0.5, 0.6) is 5.75 Å². The summed E-state index contributed by atoms with van der Waals surface area (Å²) in [7, 11) is -1.62. The molecule has 0 aliphatic carbocycles. The minimum atomic E-state index is -3.24. The minimum absolute atomic E-state index is 0.265. The molecule has 0 atom stereocenters. The van der Waals surface area contributed by atoms with Gasteiger partial charge < -0.3 is 4.74 Å². The van der Waals surface area contributed by atoms with Gasteiger partial charge in [0.2, 0.25) is 0 Å². The van der Waals surface area contributed by atoms with E-state index in [1.54, 1.807) is 37.7 Å². The van der Waals surface area contributed by atoms with Gasteiger partial charge >= 0.3 is 0 Å². The standard InChI is InChI=1S/C18H17ClN2O3S/c1-12-4-5-13(10-16(12)24-2)17-18(19)20-11-21(17)14-6-8-15(9-7-14)25(3,22)23/h4-11H,1-3H3. The maximum absolute atomic E-state index is 11.6. The van der Waals surface area contributed by atoms with E-state index in [9.17, 15) is 8.42 Å². The number of ether oxygens (including phenoxy) is 1. The summed E-state index contributed by atoms with van der Waals surface area (Å²) in [5.74, 6) is 0.758. The Morgan fingerprint density at radius 2 is 1.80 bits per heavy atom. The zero-order valence-corrected chi connectivity index (χ0v) is 15.6. The SMILES string of the molecule is COc1cc(-c2c(Cl)ncn2-c2ccc(S(C)(=O)=O)cc2)ccc1C. The number of imidazole rings is 1. The maximum Gasteiger partial charge on any atom is 0.175 e. The molecule has 5 nitrogen and oxygen atoms in total. The number of benzene rings is 2. The summed E-state index contributed by atoms with van der Waals surface area (Å²) < 4.78 is 30.4. The van der Waals surface area contributed by atoms with Crippen molar-refractivity contribution in [1.82, 2.24) is 9.55 Å². The number of hydrogen-bond acceptors (Lipinski definition) is 4. The quantitative estimate of drug-likeness (QED) is 0.692. The van der Waals surface area contributed by atoms with Crippen molar-refractivity contribution < 1.29 is 13.2 Å². The fraction of sp³-hybridized carbons (Fsp3) is 0.167. The molecule has 7 heteroatoms. The van der Waals surface area contributed by atoms with Crippen LogP contribution in [0.4, 0.5) is 0 Å². The number of rotatable bonds is 4. The van der Waals surface area contributed by atoms with Crippen molar-refractivity contribution in [2.75, 3.05) is 13.4 Å². The van der Waals surface area contributed by atoms with Gasteiger partial charge in [0.1, 0.15) is 12.1 Å². The van der Waals surface area contributed by atoms with Crippen molar-refractivity contribution in [2.45, 2.75) is 11.8 Å². The Morgan fingerprint density at radius 1 is 1.12 bits per heavy atom. The molecule has 0 radical (unpaired) electrons. The monoisotopic (exact) mass is 376 g/mol. The number of hydrogen-bond donors (Lipinski definition) is 0. The van der Waals surface area contributed by atoms with Gasteiger partial charge in [0.05, 0.1) is 17.7 Å². The number of aryl methyl sites for hydroxylation is 1. The molecule has 25 heavy (non-hydrogen) atoms. The van der Waals surface area contributed by atoms with Gasteiger partial charge in [-0.3, -0.25) is 4.57 Å². The molecule has 0 unspecified atom stereocenters. The summed E-state index contributed by atoms with van der Waals surface area (Å²) in [5, 5.41) is 0.359. The number of nitrogens with zero attached hydrogens (tertiary/aromatic N) is 2. The van der Waals surface area contributed by atoms with Crippen molar-refractivity contribution in [3.63, 3.8) is 0 Å². The molecule has 0 saturated carbocycles. The maximum atomic E-state index is 11.6. The number of halogens is 1. The van der Waals surface area contributed by atoms with Crippen LogP contribution in [-0.4, -0.2) is 31.3 Å². The molecule has 0 spiro atoms. The van der Waals surface area contributed by atoms with Gasteiger partial charge in [-0.25, -0.2) is 13.4 Å². The van der Waals surface area contributed by atoms with Crippen molar-refractivity contribution in [2.24, 2.45) is 0 Å². The highest BCUT2D eigenvalue weighted by Gasteiger charge is 2.15. The first-order valence-corrected chi connectivity index (χ1v) is 9.76. The molecule has 0 bridgehead atoms. The molecule has 0 aliphatic heterocycles. The summed E-state index contributed by atoms with van der Waals surface area (Å²) in [5.41, 5.74) is 3.36. The van der Waals surface area contributed by atoms with Gasteiger partial charge in [0, 0.05) is 17.5 Å². The topological polar surface area (TPSA) is 61.2 Å². The molecule has 0 fully saturated rings. The van der Waals surface area contributed by atoms with Gasteiger partial charge in [-0.05, 0) is 42.8 Å². The van der Waals surface area contributed by atoms with E-state index in [4.69, 9.17) is 16.3 Å². The Hall–Kier alpha value is -2.31. The first-order chi connectivity index (χ1) is 11.8. The third kappa shape index (κ3) is 3.41. The highest BCUT2D eigenvalue weighted by atomic mass is 35.5. The Kier molecular flexibility index (Phi) is 4.58. The van der Waals surface area contributed by atoms with E-state index in [1.807, 2.05) is 29.7 Å². The largest absolute Gasteiger partial charge is 0.496 e. The molecule has 1 heterocycles. The predicted octanol–water partition coefficient (Wildman–Crippen LogP) is 3.91. The summed E-state index contributed by atoms with van der Waals surface area (Å²) in [6.07, 6.45) is 2.79. The van der Waals surface area contributed by atoms with Crippen LogP contribution in [-0.2, 0) is 9.84 Å². The lowest BCUT2D eigenvalue weighted by Crippen LogP contribution is -1.99. The lowest BCUT2D eigenvalue weighted by atomic mass is 10.1. The zero-order chi connectivity index (χ0) is 18.2. The van der Waals surface area contributed by atoms with Gasteiger partial charge in [0.15, 0.2) is 15.0 Å². The third-order valence-electron chi connectivity index (χ3n) is 3.95. The summed E-state index contributed by atoms with van der Waals surface area (Å²) in [6.45, 7) is 1.96. The average Bonchev–Trinajstić information content (AvgIpc) is 2.96. The van der Waals surface area contributed by atoms with E-state index in [1.165, 1.54) is 6.26 Å². The molecule has 2 aromatic carbocycles. The normalized spacial score (nSPS) is 11.5. The molecule has 0 saturated heterocycles. The van der Waals surface area contributed by atoms with E-state index in [2.05, 4.69) is 4.98 Å². The van der Waals surface area contributed by atoms with E-state index in [0.717, 1.165) is 22.6 Å². The van der Waals surface area contributed by atoms with Crippen LogP contribution in [0.15, 0.2) is 53.7 Å². The Balaban J connectivity index is 2.11. The predicted molar refractivity (Wildman–Crippen MR) is 98.4 cm³/mol. The highest BCUT2D eigenvalue weighted by molar-refractivity contribution is 7.90. The molecule has 3 rings (SSSR count). The second-order valence-corrected chi connectivity index (χ2v) is 8.08. The van der Waals surface area contributed by atoms with Crippen LogP contribution in [0.3, 0.4) is 0 Å². The lowest BCUT2D eigenvalue weighted by Gasteiger charge is -2.12. The van der Waals surface area contributed by atoms with Gasteiger partial charge in [-0.2, -0.15) is 0 Å². The van der Waals surface area contributed by atoms with Crippen LogP contribution in [0, 0.1) is 6.92 Å². The summed E-state index contributed by atoms with van der Waals surface area (Å²) in [4.78, 5) is 4.45. The fourth-order valence-electron chi connectivity index (χ4n) is 2.60. The van der Waals surface area contributed by atoms with Crippen molar-refractivity contribution >= 4 is 21.4 Å². The van der Waals surface area contributed by atoms with E-state index >= 15 is 0 Å². The smallest absolute Gasteiger partial charge is 0.175 e. The van der Waals surface area contributed by atoms with Gasteiger partial charge in [-0.15, -0.1) is 0 Å². The highest BCUT2D eigenvalue weighted by Crippen LogP contribution is 2.33. The molecule has 0 N–H and O–H groups in total. The fourth-order valence-corrected chi connectivity index (χ4v) is 3.48. The van der Waals surface area contributed by atoms with Crippen LogP contribution in [0.25, 0.3) is 16.9 Å². The van der Waals surface area contributed by atoms with Crippen LogP contribution >= 0.6 is 11.6 Å². The molecule has 3 aromatic rings. The third-order valence-corrected chi connectivity index (χ3v) is 5.35. The molecule has 130 valence electrons. The van der Waals surface area contributed by atoms with Gasteiger partial charge in [-0.1, -0.05) is 23.7 Å². The Morgan fingerprint density at radius 3 is 2.40 bits per heavy atom. The van der Waals surface area contributed by atoms with Crippen molar-refractivity contribution in [1.29, 1.82) is 0 Å². The lowest BCUT2D eigenvalue weighted by molar-refractivity contribution is 0.412. The molecular formula is C18H17ClN2O3S.